The smallest absolute Gasteiger partial charge is 0.326 e. The van der Waals surface area contributed by atoms with Crippen molar-refractivity contribution in [1.29, 1.82) is 0 Å². The third-order valence-corrected chi connectivity index (χ3v) is 2.73. The van der Waals surface area contributed by atoms with Gasteiger partial charge in [0.15, 0.2) is 0 Å². The Hall–Kier alpha value is -1.28. The van der Waals surface area contributed by atoms with E-state index in [1.807, 2.05) is 0 Å². The third kappa shape index (κ3) is 2.86. The molecule has 90 valence electrons. The molecule has 0 unspecified atom stereocenters. The van der Waals surface area contributed by atoms with Crippen LogP contribution in [-0.4, -0.2) is 14.2 Å². The minimum absolute atomic E-state index is 0.0683. The van der Waals surface area contributed by atoms with Crippen LogP contribution in [0.15, 0.2) is 18.2 Å². The highest BCUT2D eigenvalue weighted by Gasteiger charge is 2.24. The van der Waals surface area contributed by atoms with Crippen LogP contribution >= 0.6 is 0 Å². The van der Waals surface area contributed by atoms with Crippen molar-refractivity contribution in [3.63, 3.8) is 0 Å². The third-order valence-electron chi connectivity index (χ3n) is 1.76. The number of sulfonamides is 1. The van der Waals surface area contributed by atoms with Gasteiger partial charge in [-0.2, -0.15) is 8.78 Å². The molecule has 0 aliphatic rings. The van der Waals surface area contributed by atoms with E-state index in [1.165, 1.54) is 10.8 Å². The first-order valence-corrected chi connectivity index (χ1v) is 5.69. The fraction of sp³-hybridized carbons (Fsp3) is 0.250. The Kier molecular flexibility index (Phi) is 3.76. The highest BCUT2D eigenvalue weighted by Crippen LogP contribution is 2.18. The molecule has 8 heteroatoms. The number of nitrogens with one attached hydrogen (secondary N) is 1. The average molecular weight is 254 g/mol. The molecular weight excluding hydrogens is 245 g/mol. The summed E-state index contributed by atoms with van der Waals surface area (Å²) in [5, 5.41) is 0. The van der Waals surface area contributed by atoms with Crippen LogP contribution in [0.2, 0.25) is 0 Å². The van der Waals surface area contributed by atoms with Gasteiger partial charge in [-0.25, -0.2) is 12.8 Å². The molecule has 0 saturated heterocycles. The zero-order chi connectivity index (χ0) is 12.3. The largest absolute Gasteiger partial charge is 0.355 e. The minimum atomic E-state index is -4.85. The van der Waals surface area contributed by atoms with Crippen molar-refractivity contribution in [1.82, 2.24) is 0 Å². The fourth-order valence-electron chi connectivity index (χ4n) is 0.966. The second kappa shape index (κ2) is 4.71. The zero-order valence-corrected chi connectivity index (χ0v) is 8.77. The van der Waals surface area contributed by atoms with Gasteiger partial charge in [-0.05, 0) is 17.7 Å². The Balaban J connectivity index is 2.99. The molecule has 1 aromatic carbocycles. The van der Waals surface area contributed by atoms with Crippen LogP contribution in [-0.2, 0) is 16.6 Å². The summed E-state index contributed by atoms with van der Waals surface area (Å²) < 4.78 is 60.1. The number of rotatable bonds is 4. The molecule has 3 N–H and O–H groups in total. The van der Waals surface area contributed by atoms with Gasteiger partial charge in [0.05, 0.1) is 5.69 Å². The van der Waals surface area contributed by atoms with Crippen molar-refractivity contribution in [3.05, 3.63) is 29.6 Å². The molecule has 0 bridgehead atoms. The first-order valence-electron chi connectivity index (χ1n) is 4.15. The molecule has 0 amide bonds. The number of alkyl halides is 2. The van der Waals surface area contributed by atoms with Crippen LogP contribution in [0.25, 0.3) is 0 Å². The number of anilines is 1. The summed E-state index contributed by atoms with van der Waals surface area (Å²) >= 11 is 0. The first kappa shape index (κ1) is 12.8. The van der Waals surface area contributed by atoms with Gasteiger partial charge in [-0.15, -0.1) is 0 Å². The first-order chi connectivity index (χ1) is 7.36. The van der Waals surface area contributed by atoms with Crippen molar-refractivity contribution >= 4 is 15.7 Å². The van der Waals surface area contributed by atoms with Crippen LogP contribution < -0.4 is 10.5 Å². The van der Waals surface area contributed by atoms with Gasteiger partial charge < -0.3 is 5.73 Å². The fourth-order valence-corrected chi connectivity index (χ4v) is 1.53. The van der Waals surface area contributed by atoms with E-state index in [1.54, 1.807) is 0 Å². The van der Waals surface area contributed by atoms with Gasteiger partial charge in [0, 0.05) is 6.54 Å². The molecule has 0 radical (unpaired) electrons. The molecule has 0 heterocycles. The zero-order valence-electron chi connectivity index (χ0n) is 7.95. The summed E-state index contributed by atoms with van der Waals surface area (Å²) in [5.74, 6) is -4.56. The van der Waals surface area contributed by atoms with Crippen molar-refractivity contribution in [2.24, 2.45) is 5.73 Å². The predicted molar refractivity (Wildman–Crippen MR) is 52.8 cm³/mol. The van der Waals surface area contributed by atoms with E-state index in [4.69, 9.17) is 5.73 Å². The summed E-state index contributed by atoms with van der Waals surface area (Å²) in [6, 6.07) is 3.35. The Morgan fingerprint density at radius 3 is 2.44 bits per heavy atom. The standard InChI is InChI=1S/C8H9F3N2O2S/c9-6-3-5(4-12)1-2-7(6)13-16(14,15)8(10)11/h1-3,8,13H,4,12H2. The Morgan fingerprint density at radius 1 is 1.38 bits per heavy atom. The molecule has 0 aliphatic heterocycles. The van der Waals surface area contributed by atoms with Gasteiger partial charge >= 0.3 is 5.76 Å². The van der Waals surface area contributed by atoms with Crippen LogP contribution in [0.5, 0.6) is 0 Å². The van der Waals surface area contributed by atoms with E-state index in [0.717, 1.165) is 12.1 Å². The van der Waals surface area contributed by atoms with E-state index < -0.39 is 27.3 Å². The number of hydrogen-bond donors (Lipinski definition) is 2. The molecule has 0 saturated carbocycles. The average Bonchev–Trinajstić information content (AvgIpc) is 2.20. The molecule has 0 aliphatic carbocycles. The van der Waals surface area contributed by atoms with Crippen molar-refractivity contribution in [2.75, 3.05) is 4.72 Å². The van der Waals surface area contributed by atoms with E-state index in [-0.39, 0.29) is 6.54 Å². The van der Waals surface area contributed by atoms with Crippen molar-refractivity contribution < 1.29 is 21.6 Å². The van der Waals surface area contributed by atoms with E-state index in [9.17, 15) is 21.6 Å². The summed E-state index contributed by atoms with van der Waals surface area (Å²) in [5.41, 5.74) is 5.12. The molecule has 0 fully saturated rings. The summed E-state index contributed by atoms with van der Waals surface area (Å²) in [6.07, 6.45) is 0. The molecule has 1 aromatic rings. The monoisotopic (exact) mass is 254 g/mol. The highest BCUT2D eigenvalue weighted by molar-refractivity contribution is 7.93. The van der Waals surface area contributed by atoms with E-state index in [2.05, 4.69) is 0 Å². The molecule has 0 atom stereocenters. The molecule has 16 heavy (non-hydrogen) atoms. The van der Waals surface area contributed by atoms with Gasteiger partial charge in [0.2, 0.25) is 0 Å². The van der Waals surface area contributed by atoms with Crippen LogP contribution in [0.4, 0.5) is 18.9 Å². The van der Waals surface area contributed by atoms with E-state index >= 15 is 0 Å². The maximum Gasteiger partial charge on any atom is 0.355 e. The lowest BCUT2D eigenvalue weighted by molar-refractivity contribution is 0.236. The van der Waals surface area contributed by atoms with E-state index in [0.29, 0.717) is 5.56 Å². The summed E-state index contributed by atoms with van der Waals surface area (Å²) in [6.45, 7) is 0.0683. The summed E-state index contributed by atoms with van der Waals surface area (Å²) in [7, 11) is -4.85. The van der Waals surface area contributed by atoms with Crippen LogP contribution in [0.1, 0.15) is 5.56 Å². The Labute approximate surface area is 90.3 Å². The molecular formula is C8H9F3N2O2S. The molecule has 0 spiro atoms. The van der Waals surface area contributed by atoms with Crippen LogP contribution in [0.3, 0.4) is 0 Å². The maximum absolute atomic E-state index is 13.2. The Bertz CT molecular complexity index is 476. The Morgan fingerprint density at radius 2 is 2.00 bits per heavy atom. The molecule has 0 aromatic heterocycles. The highest BCUT2D eigenvalue weighted by atomic mass is 32.2. The normalized spacial score (nSPS) is 11.8. The second-order valence-corrected chi connectivity index (χ2v) is 4.58. The number of nitrogens with two attached hydrogens (primary N) is 1. The maximum atomic E-state index is 13.2. The van der Waals surface area contributed by atoms with Gasteiger partial charge in [0.25, 0.3) is 10.0 Å². The lowest BCUT2D eigenvalue weighted by Gasteiger charge is -2.08. The van der Waals surface area contributed by atoms with Gasteiger partial charge in [-0.1, -0.05) is 6.07 Å². The van der Waals surface area contributed by atoms with Crippen molar-refractivity contribution in [3.8, 4) is 0 Å². The minimum Gasteiger partial charge on any atom is -0.326 e. The topological polar surface area (TPSA) is 72.2 Å². The van der Waals surface area contributed by atoms with Gasteiger partial charge in [0.1, 0.15) is 5.82 Å². The SMILES string of the molecule is NCc1ccc(NS(=O)(=O)C(F)F)c(F)c1. The number of halogens is 3. The predicted octanol–water partition coefficient (Wildman–Crippen LogP) is 1.25. The molecule has 1 rings (SSSR count). The van der Waals surface area contributed by atoms with Gasteiger partial charge in [-0.3, -0.25) is 4.72 Å². The number of benzene rings is 1. The second-order valence-electron chi connectivity index (χ2n) is 2.93. The quantitative estimate of drug-likeness (QED) is 0.849. The van der Waals surface area contributed by atoms with Crippen molar-refractivity contribution in [2.45, 2.75) is 12.3 Å². The lowest BCUT2D eigenvalue weighted by atomic mass is 10.2. The molecule has 4 nitrogen and oxygen atoms in total. The lowest BCUT2D eigenvalue weighted by Crippen LogP contribution is -2.21. The number of hydrogen-bond acceptors (Lipinski definition) is 3. The van der Waals surface area contributed by atoms with Crippen LogP contribution in [0, 0.1) is 5.82 Å². The summed E-state index contributed by atoms with van der Waals surface area (Å²) in [4.78, 5) is 0.